The molecule has 0 saturated heterocycles. The van der Waals surface area contributed by atoms with Crippen molar-refractivity contribution in [3.05, 3.63) is 71.8 Å². The van der Waals surface area contributed by atoms with Crippen LogP contribution in [0.4, 0.5) is 0 Å². The molecule has 0 saturated carbocycles. The van der Waals surface area contributed by atoms with Gasteiger partial charge in [0.1, 0.15) is 5.60 Å². The predicted octanol–water partition coefficient (Wildman–Crippen LogP) is 5.28. The molecule has 0 aliphatic heterocycles. The molecule has 0 amide bonds. The van der Waals surface area contributed by atoms with Gasteiger partial charge in [-0.15, -0.1) is 0 Å². The van der Waals surface area contributed by atoms with E-state index in [9.17, 15) is 9.59 Å². The molecule has 2 aromatic rings. The minimum absolute atomic E-state index is 0.0614. The van der Waals surface area contributed by atoms with Crippen LogP contribution in [0.15, 0.2) is 60.7 Å². The van der Waals surface area contributed by atoms with Gasteiger partial charge in [-0.1, -0.05) is 57.2 Å². The van der Waals surface area contributed by atoms with Crippen LogP contribution in [-0.4, -0.2) is 23.1 Å². The molecule has 0 bridgehead atoms. The Morgan fingerprint density at radius 1 is 0.815 bits per heavy atom. The van der Waals surface area contributed by atoms with Crippen molar-refractivity contribution in [2.45, 2.75) is 52.2 Å². The van der Waals surface area contributed by atoms with E-state index in [1.54, 1.807) is 62.4 Å². The van der Waals surface area contributed by atoms with Crippen LogP contribution in [-0.2, 0) is 9.47 Å². The SMILES string of the molecule is CCC(OC(=O)c1ccccc1)(C(C)C)C(C)(C)OC(=O)c1ccccc1. The van der Waals surface area contributed by atoms with Crippen molar-refractivity contribution in [1.29, 1.82) is 0 Å². The van der Waals surface area contributed by atoms with Gasteiger partial charge in [-0.25, -0.2) is 9.59 Å². The molecule has 0 spiro atoms. The van der Waals surface area contributed by atoms with Gasteiger partial charge in [0.2, 0.25) is 0 Å². The van der Waals surface area contributed by atoms with Gasteiger partial charge in [0.05, 0.1) is 11.1 Å². The zero-order valence-corrected chi connectivity index (χ0v) is 16.7. The minimum atomic E-state index is -1.02. The van der Waals surface area contributed by atoms with Crippen LogP contribution in [0.1, 0.15) is 61.8 Å². The molecule has 1 atom stereocenters. The molecule has 2 aromatic carbocycles. The standard InChI is InChI=1S/C23H28O4/c1-6-23(17(2)3,27-21(25)19-15-11-8-12-16-19)22(4,5)26-20(24)18-13-9-7-10-14-18/h7-17H,6H2,1-5H3. The Hall–Kier alpha value is -2.62. The first-order valence-corrected chi connectivity index (χ1v) is 9.30. The molecule has 0 N–H and O–H groups in total. The van der Waals surface area contributed by atoms with E-state index in [4.69, 9.17) is 9.47 Å². The lowest BCUT2D eigenvalue weighted by Gasteiger charge is -2.47. The van der Waals surface area contributed by atoms with Crippen molar-refractivity contribution in [1.82, 2.24) is 0 Å². The normalized spacial score (nSPS) is 13.7. The lowest BCUT2D eigenvalue weighted by atomic mass is 9.74. The van der Waals surface area contributed by atoms with E-state index < -0.39 is 23.1 Å². The second-order valence-corrected chi connectivity index (χ2v) is 7.42. The zero-order chi connectivity index (χ0) is 20.1. The van der Waals surface area contributed by atoms with Gasteiger partial charge in [-0.2, -0.15) is 0 Å². The molecule has 1 unspecified atom stereocenters. The van der Waals surface area contributed by atoms with Crippen molar-refractivity contribution >= 4 is 11.9 Å². The maximum atomic E-state index is 12.8. The second-order valence-electron chi connectivity index (χ2n) is 7.42. The largest absolute Gasteiger partial charge is 0.452 e. The van der Waals surface area contributed by atoms with Crippen LogP contribution in [0, 0.1) is 5.92 Å². The molecule has 4 heteroatoms. The van der Waals surface area contributed by atoms with Gasteiger partial charge in [-0.3, -0.25) is 0 Å². The monoisotopic (exact) mass is 368 g/mol. The summed E-state index contributed by atoms with van der Waals surface area (Å²) in [5.74, 6) is -0.918. The summed E-state index contributed by atoms with van der Waals surface area (Å²) in [4.78, 5) is 25.4. The zero-order valence-electron chi connectivity index (χ0n) is 16.7. The molecular formula is C23H28O4. The van der Waals surface area contributed by atoms with Crippen molar-refractivity contribution in [2.75, 3.05) is 0 Å². The Morgan fingerprint density at radius 3 is 1.59 bits per heavy atom. The van der Waals surface area contributed by atoms with E-state index >= 15 is 0 Å². The summed E-state index contributed by atoms with van der Waals surface area (Å²) in [6.45, 7) is 9.49. The van der Waals surface area contributed by atoms with Crippen molar-refractivity contribution in [2.24, 2.45) is 5.92 Å². The molecule has 4 nitrogen and oxygen atoms in total. The molecule has 0 radical (unpaired) electrons. The number of carbonyl (C=O) groups excluding carboxylic acids is 2. The van der Waals surface area contributed by atoms with E-state index in [-0.39, 0.29) is 5.92 Å². The highest BCUT2D eigenvalue weighted by Crippen LogP contribution is 2.40. The molecule has 27 heavy (non-hydrogen) atoms. The van der Waals surface area contributed by atoms with E-state index in [0.717, 1.165) is 0 Å². The van der Waals surface area contributed by atoms with Crippen LogP contribution >= 0.6 is 0 Å². The van der Waals surface area contributed by atoms with Crippen LogP contribution in [0.5, 0.6) is 0 Å². The fourth-order valence-electron chi connectivity index (χ4n) is 3.59. The third-order valence-electron chi connectivity index (χ3n) is 5.12. The molecule has 0 aliphatic rings. The smallest absolute Gasteiger partial charge is 0.338 e. The number of ether oxygens (including phenoxy) is 2. The molecule has 144 valence electrons. The highest BCUT2D eigenvalue weighted by atomic mass is 16.6. The second kappa shape index (κ2) is 8.38. The lowest BCUT2D eigenvalue weighted by molar-refractivity contribution is -0.165. The summed E-state index contributed by atoms with van der Waals surface area (Å²) in [7, 11) is 0. The van der Waals surface area contributed by atoms with E-state index in [0.29, 0.717) is 17.5 Å². The average molecular weight is 368 g/mol. The first-order valence-electron chi connectivity index (χ1n) is 9.30. The number of hydrogen-bond donors (Lipinski definition) is 0. The van der Waals surface area contributed by atoms with Crippen LogP contribution in [0.2, 0.25) is 0 Å². The van der Waals surface area contributed by atoms with Crippen molar-refractivity contribution in [3.8, 4) is 0 Å². The van der Waals surface area contributed by atoms with Crippen molar-refractivity contribution < 1.29 is 19.1 Å². The Bertz CT molecular complexity index is 765. The van der Waals surface area contributed by atoms with Gasteiger partial charge >= 0.3 is 11.9 Å². The summed E-state index contributed by atoms with van der Waals surface area (Å²) < 4.78 is 11.9. The molecule has 0 aromatic heterocycles. The first-order chi connectivity index (χ1) is 12.7. The Labute approximate surface area is 161 Å². The number of benzene rings is 2. The minimum Gasteiger partial charge on any atom is -0.452 e. The summed E-state index contributed by atoms with van der Waals surface area (Å²) in [5.41, 5.74) is -1.05. The van der Waals surface area contributed by atoms with Gasteiger partial charge in [0, 0.05) is 0 Å². The molecule has 0 heterocycles. The third kappa shape index (κ3) is 4.38. The van der Waals surface area contributed by atoms with E-state index in [1.807, 2.05) is 32.9 Å². The highest BCUT2D eigenvalue weighted by molar-refractivity contribution is 5.90. The van der Waals surface area contributed by atoms with E-state index in [2.05, 4.69) is 0 Å². The predicted molar refractivity (Wildman–Crippen MR) is 106 cm³/mol. The summed E-state index contributed by atoms with van der Waals surface area (Å²) in [6.07, 6.45) is 0.512. The maximum Gasteiger partial charge on any atom is 0.338 e. The number of hydrogen-bond acceptors (Lipinski definition) is 4. The van der Waals surface area contributed by atoms with E-state index in [1.165, 1.54) is 0 Å². The average Bonchev–Trinajstić information content (AvgIpc) is 2.66. The van der Waals surface area contributed by atoms with Crippen LogP contribution in [0.3, 0.4) is 0 Å². The van der Waals surface area contributed by atoms with Gasteiger partial charge in [0.25, 0.3) is 0 Å². The first kappa shape index (κ1) is 20.7. The fraction of sp³-hybridized carbons (Fsp3) is 0.391. The van der Waals surface area contributed by atoms with Crippen molar-refractivity contribution in [3.63, 3.8) is 0 Å². The molecule has 0 aliphatic carbocycles. The summed E-state index contributed by atoms with van der Waals surface area (Å²) >= 11 is 0. The summed E-state index contributed by atoms with van der Waals surface area (Å²) in [6, 6.07) is 17.7. The quantitative estimate of drug-likeness (QED) is 0.624. The molecule has 2 rings (SSSR count). The lowest BCUT2D eigenvalue weighted by Crippen LogP contribution is -2.58. The van der Waals surface area contributed by atoms with Gasteiger partial charge < -0.3 is 9.47 Å². The van der Waals surface area contributed by atoms with Crippen LogP contribution < -0.4 is 0 Å². The van der Waals surface area contributed by atoms with Gasteiger partial charge in [0.15, 0.2) is 5.60 Å². The summed E-state index contributed by atoms with van der Waals surface area (Å²) in [5, 5.41) is 0. The number of carbonyl (C=O) groups is 2. The van der Waals surface area contributed by atoms with Crippen LogP contribution in [0.25, 0.3) is 0 Å². The number of esters is 2. The molecule has 0 fully saturated rings. The highest BCUT2D eigenvalue weighted by Gasteiger charge is 2.52. The Balaban J connectivity index is 2.32. The Kier molecular flexibility index (Phi) is 6.42. The topological polar surface area (TPSA) is 52.6 Å². The van der Waals surface area contributed by atoms with Gasteiger partial charge in [-0.05, 0) is 50.5 Å². The Morgan fingerprint density at radius 2 is 1.22 bits per heavy atom. The maximum absolute atomic E-state index is 12.8. The molecular weight excluding hydrogens is 340 g/mol. The number of rotatable bonds is 7. The third-order valence-corrected chi connectivity index (χ3v) is 5.12. The fourth-order valence-corrected chi connectivity index (χ4v) is 3.59.